The Balaban J connectivity index is 2.39. The first-order valence-corrected chi connectivity index (χ1v) is 3.96. The minimum Gasteiger partial charge on any atom is -0.330 e. The maximum absolute atomic E-state index is 10.9. The second-order valence-corrected chi connectivity index (χ2v) is 3.14. The van der Waals surface area contributed by atoms with E-state index < -0.39 is 0 Å². The van der Waals surface area contributed by atoms with Crippen LogP contribution in [0.3, 0.4) is 0 Å². The highest BCUT2D eigenvalue weighted by atomic mass is 16.1. The van der Waals surface area contributed by atoms with Gasteiger partial charge in [-0.1, -0.05) is 6.42 Å². The number of carbonyl (C=O) groups is 1. The molecule has 0 aromatic heterocycles. The Morgan fingerprint density at radius 3 is 2.40 bits per heavy atom. The van der Waals surface area contributed by atoms with E-state index in [0.717, 1.165) is 0 Å². The minimum atomic E-state index is 0.161. The second kappa shape index (κ2) is 3.15. The van der Waals surface area contributed by atoms with Gasteiger partial charge in [0, 0.05) is 12.5 Å². The second-order valence-electron chi connectivity index (χ2n) is 3.14. The predicted molar refractivity (Wildman–Crippen MR) is 40.6 cm³/mol. The average molecular weight is 141 g/mol. The molecular weight excluding hydrogens is 126 g/mol. The normalized spacial score (nSPS) is 21.8. The number of rotatable bonds is 3. The number of hydrogen-bond donors (Lipinski definition) is 1. The molecule has 0 saturated heterocycles. The summed E-state index contributed by atoms with van der Waals surface area (Å²) in [7, 11) is 0. The van der Waals surface area contributed by atoms with Crippen LogP contribution >= 0.6 is 0 Å². The van der Waals surface area contributed by atoms with Crippen LogP contribution in [0.4, 0.5) is 0 Å². The molecule has 0 aromatic rings. The van der Waals surface area contributed by atoms with Crippen molar-refractivity contribution in [3.8, 4) is 0 Å². The van der Waals surface area contributed by atoms with Gasteiger partial charge < -0.3 is 5.73 Å². The van der Waals surface area contributed by atoms with E-state index in [9.17, 15) is 4.79 Å². The smallest absolute Gasteiger partial charge is 0.134 e. The van der Waals surface area contributed by atoms with Gasteiger partial charge in [-0.25, -0.2) is 0 Å². The molecule has 58 valence electrons. The molecule has 1 fully saturated rings. The van der Waals surface area contributed by atoms with Gasteiger partial charge in [-0.3, -0.25) is 4.79 Å². The Morgan fingerprint density at radius 2 is 2.30 bits per heavy atom. The number of carbonyl (C=O) groups excluding carboxylic acids is 1. The zero-order valence-electron chi connectivity index (χ0n) is 6.47. The molecule has 1 saturated carbocycles. The summed E-state index contributed by atoms with van der Waals surface area (Å²) in [5, 5.41) is 0. The van der Waals surface area contributed by atoms with Crippen molar-refractivity contribution in [1.29, 1.82) is 0 Å². The average Bonchev–Trinajstić information content (AvgIpc) is 1.76. The fourth-order valence-electron chi connectivity index (χ4n) is 1.53. The van der Waals surface area contributed by atoms with Gasteiger partial charge in [0.1, 0.15) is 5.78 Å². The lowest BCUT2D eigenvalue weighted by atomic mass is 9.74. The van der Waals surface area contributed by atoms with Gasteiger partial charge in [0.2, 0.25) is 0 Å². The molecule has 0 radical (unpaired) electrons. The van der Waals surface area contributed by atoms with Crippen molar-refractivity contribution in [3.63, 3.8) is 0 Å². The monoisotopic (exact) mass is 141 g/mol. The van der Waals surface area contributed by atoms with Crippen molar-refractivity contribution in [3.05, 3.63) is 0 Å². The van der Waals surface area contributed by atoms with E-state index in [4.69, 9.17) is 5.73 Å². The maximum atomic E-state index is 10.9. The van der Waals surface area contributed by atoms with Crippen LogP contribution in [0.15, 0.2) is 0 Å². The van der Waals surface area contributed by atoms with E-state index in [1.807, 2.05) is 0 Å². The highest BCUT2D eigenvalue weighted by Gasteiger charge is 2.28. The Bertz CT molecular complexity index is 129. The van der Waals surface area contributed by atoms with Crippen LogP contribution in [0.25, 0.3) is 0 Å². The summed E-state index contributed by atoms with van der Waals surface area (Å²) >= 11 is 0. The van der Waals surface area contributed by atoms with Crippen LogP contribution < -0.4 is 5.73 Å². The number of Topliss-reactive ketones (excluding diaryl/α,β-unsaturated/α-hetero) is 1. The molecule has 2 N–H and O–H groups in total. The van der Waals surface area contributed by atoms with E-state index in [2.05, 4.69) is 0 Å². The molecule has 1 rings (SSSR count). The minimum absolute atomic E-state index is 0.161. The Hall–Kier alpha value is -0.370. The maximum Gasteiger partial charge on any atom is 0.134 e. The van der Waals surface area contributed by atoms with Gasteiger partial charge in [0.05, 0.1) is 0 Å². The van der Waals surface area contributed by atoms with Crippen LogP contribution in [0, 0.1) is 11.8 Å². The third-order valence-corrected chi connectivity index (χ3v) is 2.49. The fourth-order valence-corrected chi connectivity index (χ4v) is 1.53. The molecule has 0 bridgehead atoms. The van der Waals surface area contributed by atoms with Crippen molar-refractivity contribution in [2.45, 2.75) is 26.2 Å². The molecule has 10 heavy (non-hydrogen) atoms. The van der Waals surface area contributed by atoms with Gasteiger partial charge in [0.25, 0.3) is 0 Å². The summed E-state index contributed by atoms with van der Waals surface area (Å²) in [6, 6.07) is 0. The SMILES string of the molecule is CC(=O)C(CN)C1CCC1. The van der Waals surface area contributed by atoms with Crippen molar-refractivity contribution in [2.75, 3.05) is 6.54 Å². The summed E-state index contributed by atoms with van der Waals surface area (Å²) in [5.41, 5.74) is 5.46. The molecule has 1 aliphatic carbocycles. The van der Waals surface area contributed by atoms with Gasteiger partial charge in [-0.05, 0) is 25.7 Å². The molecule has 1 aliphatic rings. The molecule has 2 heteroatoms. The highest BCUT2D eigenvalue weighted by molar-refractivity contribution is 5.78. The van der Waals surface area contributed by atoms with E-state index >= 15 is 0 Å². The van der Waals surface area contributed by atoms with Gasteiger partial charge in [-0.15, -0.1) is 0 Å². The van der Waals surface area contributed by atoms with E-state index in [1.54, 1.807) is 6.92 Å². The first kappa shape index (κ1) is 7.73. The molecule has 0 aromatic carbocycles. The summed E-state index contributed by atoms with van der Waals surface area (Å²) in [4.78, 5) is 10.9. The fraction of sp³-hybridized carbons (Fsp3) is 0.875. The van der Waals surface area contributed by atoms with Crippen LogP contribution in [0.1, 0.15) is 26.2 Å². The molecule has 0 aliphatic heterocycles. The lowest BCUT2D eigenvalue weighted by Gasteiger charge is -2.31. The van der Waals surface area contributed by atoms with Gasteiger partial charge in [0.15, 0.2) is 0 Å². The van der Waals surface area contributed by atoms with Crippen molar-refractivity contribution in [1.82, 2.24) is 0 Å². The number of nitrogens with two attached hydrogens (primary N) is 1. The summed E-state index contributed by atoms with van der Waals surface area (Å²) in [6.45, 7) is 2.19. The van der Waals surface area contributed by atoms with Crippen LogP contribution in [0.5, 0.6) is 0 Å². The molecule has 0 spiro atoms. The van der Waals surface area contributed by atoms with Crippen molar-refractivity contribution < 1.29 is 4.79 Å². The van der Waals surface area contributed by atoms with E-state index in [-0.39, 0.29) is 11.7 Å². The third-order valence-electron chi connectivity index (χ3n) is 2.49. The van der Waals surface area contributed by atoms with Gasteiger partial charge >= 0.3 is 0 Å². The molecule has 1 atom stereocenters. The molecule has 1 unspecified atom stereocenters. The quantitative estimate of drug-likeness (QED) is 0.636. The first-order valence-electron chi connectivity index (χ1n) is 3.96. The lowest BCUT2D eigenvalue weighted by Crippen LogP contribution is -2.33. The zero-order chi connectivity index (χ0) is 7.56. The standard InChI is InChI=1S/C8H15NO/c1-6(10)8(5-9)7-3-2-4-7/h7-8H,2-5,9H2,1H3. The van der Waals surface area contributed by atoms with E-state index in [0.29, 0.717) is 12.5 Å². The zero-order valence-corrected chi connectivity index (χ0v) is 6.47. The highest BCUT2D eigenvalue weighted by Crippen LogP contribution is 2.33. The summed E-state index contributed by atoms with van der Waals surface area (Å²) in [6.07, 6.45) is 3.71. The van der Waals surface area contributed by atoms with Gasteiger partial charge in [-0.2, -0.15) is 0 Å². The van der Waals surface area contributed by atoms with Crippen LogP contribution in [0.2, 0.25) is 0 Å². The number of ketones is 1. The topological polar surface area (TPSA) is 43.1 Å². The van der Waals surface area contributed by atoms with Crippen LogP contribution in [-0.2, 0) is 4.79 Å². The largest absolute Gasteiger partial charge is 0.330 e. The van der Waals surface area contributed by atoms with Crippen molar-refractivity contribution in [2.24, 2.45) is 17.6 Å². The summed E-state index contributed by atoms with van der Waals surface area (Å²) in [5.74, 6) is 1.04. The van der Waals surface area contributed by atoms with Crippen LogP contribution in [-0.4, -0.2) is 12.3 Å². The molecule has 2 nitrogen and oxygen atoms in total. The van der Waals surface area contributed by atoms with Crippen molar-refractivity contribution >= 4 is 5.78 Å². The molecular formula is C8H15NO. The molecule has 0 heterocycles. The Kier molecular flexibility index (Phi) is 2.44. The Labute approximate surface area is 61.8 Å². The first-order chi connectivity index (χ1) is 4.75. The molecule has 0 amide bonds. The predicted octanol–water partition coefficient (Wildman–Crippen LogP) is 0.950. The third kappa shape index (κ3) is 1.37. The Morgan fingerprint density at radius 1 is 1.70 bits per heavy atom. The number of hydrogen-bond acceptors (Lipinski definition) is 2. The lowest BCUT2D eigenvalue weighted by molar-refractivity contribution is -0.123. The summed E-state index contributed by atoms with van der Waals surface area (Å²) < 4.78 is 0. The van der Waals surface area contributed by atoms with E-state index in [1.165, 1.54) is 19.3 Å².